The fraction of sp³-hybridized carbons (Fsp3) is 0.750. The Balaban J connectivity index is 2.07. The first-order chi connectivity index (χ1) is 20.9. The van der Waals surface area contributed by atoms with Gasteiger partial charge in [-0.15, -0.1) is 0 Å². The molecule has 1 aliphatic rings. The fourth-order valence-corrected chi connectivity index (χ4v) is 5.13. The first-order valence-corrected chi connectivity index (χ1v) is 17.1. The van der Waals surface area contributed by atoms with E-state index in [-0.39, 0.29) is 43.2 Å². The lowest BCUT2D eigenvalue weighted by Crippen LogP contribution is -2.25. The molecule has 0 aromatic heterocycles. The molecule has 0 aromatic rings. The van der Waals surface area contributed by atoms with Gasteiger partial charge in [0.2, 0.25) is 0 Å². The van der Waals surface area contributed by atoms with Gasteiger partial charge in [0.1, 0.15) is 19.3 Å². The van der Waals surface area contributed by atoms with E-state index in [2.05, 4.69) is 13.8 Å². The summed E-state index contributed by atoms with van der Waals surface area (Å²) in [6.07, 6.45) is 28.2. The average Bonchev–Trinajstić information content (AvgIpc) is 3.35. The van der Waals surface area contributed by atoms with Crippen LogP contribution in [0.3, 0.4) is 0 Å². The van der Waals surface area contributed by atoms with E-state index in [0.717, 1.165) is 51.4 Å². The molecule has 0 spiro atoms. The van der Waals surface area contributed by atoms with Crippen LogP contribution in [-0.4, -0.2) is 53.4 Å². The molecule has 0 fully saturated rings. The van der Waals surface area contributed by atoms with Crippen molar-refractivity contribution in [3.63, 3.8) is 0 Å². The van der Waals surface area contributed by atoms with Crippen LogP contribution in [0.25, 0.3) is 0 Å². The van der Waals surface area contributed by atoms with Crippen molar-refractivity contribution in [2.45, 2.75) is 148 Å². The smallest absolute Gasteiger partial charge is 0.305 e. The van der Waals surface area contributed by atoms with Crippen LogP contribution < -0.4 is 0 Å². The van der Waals surface area contributed by atoms with Gasteiger partial charge in [0.05, 0.1) is 6.10 Å². The molecule has 2 N–H and O–H groups in total. The summed E-state index contributed by atoms with van der Waals surface area (Å²) in [4.78, 5) is 36.1. The zero-order valence-corrected chi connectivity index (χ0v) is 27.1. The number of carbonyl (C=O) groups is 3. The molecule has 7 nitrogen and oxygen atoms in total. The zero-order chi connectivity index (χ0) is 31.5. The summed E-state index contributed by atoms with van der Waals surface area (Å²) in [5.74, 6) is -0.791. The predicted octanol–water partition coefficient (Wildman–Crippen LogP) is 7.73. The summed E-state index contributed by atoms with van der Waals surface area (Å²) >= 11 is 0. The lowest BCUT2D eigenvalue weighted by atomic mass is 9.90. The molecule has 1 aliphatic carbocycles. The Kier molecular flexibility index (Phi) is 23.6. The van der Waals surface area contributed by atoms with E-state index in [4.69, 9.17) is 9.47 Å². The van der Waals surface area contributed by atoms with Gasteiger partial charge < -0.3 is 19.7 Å². The van der Waals surface area contributed by atoms with Crippen molar-refractivity contribution in [3.05, 3.63) is 36.5 Å². The number of aliphatic hydroxyl groups excluding tert-OH is 2. The molecule has 7 heteroatoms. The fourth-order valence-electron chi connectivity index (χ4n) is 5.13. The second-order valence-electron chi connectivity index (χ2n) is 12.0. The average molecular weight is 605 g/mol. The van der Waals surface area contributed by atoms with Crippen LogP contribution in [0.5, 0.6) is 0 Å². The normalized spacial score (nSPS) is 18.1. The van der Waals surface area contributed by atoms with Gasteiger partial charge >= 0.3 is 11.9 Å². The number of rotatable bonds is 27. The Morgan fingerprint density at radius 2 is 1.35 bits per heavy atom. The van der Waals surface area contributed by atoms with Crippen LogP contribution in [-0.2, 0) is 23.9 Å². The van der Waals surface area contributed by atoms with Gasteiger partial charge in [-0.3, -0.25) is 14.4 Å². The van der Waals surface area contributed by atoms with E-state index < -0.39 is 18.2 Å². The molecule has 43 heavy (non-hydrogen) atoms. The quantitative estimate of drug-likeness (QED) is 0.0561. The van der Waals surface area contributed by atoms with Gasteiger partial charge in [-0.05, 0) is 44.1 Å². The van der Waals surface area contributed by atoms with Crippen molar-refractivity contribution < 1.29 is 34.1 Å². The monoisotopic (exact) mass is 604 g/mol. The highest BCUT2D eigenvalue weighted by Gasteiger charge is 2.26. The minimum Gasteiger partial charge on any atom is -0.463 e. The van der Waals surface area contributed by atoms with Gasteiger partial charge in [0.25, 0.3) is 0 Å². The molecule has 0 heterocycles. The molecule has 0 saturated carbocycles. The number of ketones is 1. The van der Waals surface area contributed by atoms with Crippen LogP contribution >= 0.6 is 0 Å². The van der Waals surface area contributed by atoms with Gasteiger partial charge in [0.15, 0.2) is 5.78 Å². The summed E-state index contributed by atoms with van der Waals surface area (Å²) < 4.78 is 10.2. The third-order valence-electron chi connectivity index (χ3n) is 7.88. The molecule has 0 bridgehead atoms. The molecular weight excluding hydrogens is 544 g/mol. The van der Waals surface area contributed by atoms with Crippen LogP contribution in [0, 0.1) is 11.8 Å². The van der Waals surface area contributed by atoms with Crippen LogP contribution in [0.4, 0.5) is 0 Å². The number of aliphatic hydroxyl groups is 2. The summed E-state index contributed by atoms with van der Waals surface area (Å²) in [7, 11) is 0. The predicted molar refractivity (Wildman–Crippen MR) is 172 cm³/mol. The molecule has 0 aromatic carbocycles. The van der Waals surface area contributed by atoms with Crippen molar-refractivity contribution in [2.24, 2.45) is 11.8 Å². The van der Waals surface area contributed by atoms with E-state index >= 15 is 0 Å². The number of carbonyl (C=O) groups excluding carboxylic acids is 3. The number of ether oxygens (including phenoxy) is 2. The van der Waals surface area contributed by atoms with Crippen molar-refractivity contribution in [2.75, 3.05) is 13.2 Å². The van der Waals surface area contributed by atoms with E-state index in [1.54, 1.807) is 12.2 Å². The largest absolute Gasteiger partial charge is 0.463 e. The number of allylic oxidation sites excluding steroid dienone is 5. The van der Waals surface area contributed by atoms with E-state index in [1.165, 1.54) is 44.9 Å². The van der Waals surface area contributed by atoms with Crippen LogP contribution in [0.1, 0.15) is 136 Å². The maximum absolute atomic E-state index is 12.2. The minimum absolute atomic E-state index is 0.0733. The summed E-state index contributed by atoms with van der Waals surface area (Å²) in [5, 5.41) is 20.1. The van der Waals surface area contributed by atoms with Crippen LogP contribution in [0.2, 0.25) is 0 Å². The molecule has 1 rings (SSSR count). The minimum atomic E-state index is -1.03. The highest BCUT2D eigenvalue weighted by Crippen LogP contribution is 2.27. The number of hydrogen-bond acceptors (Lipinski definition) is 7. The topological polar surface area (TPSA) is 110 Å². The molecule has 0 unspecified atom stereocenters. The van der Waals surface area contributed by atoms with Crippen molar-refractivity contribution in [1.82, 2.24) is 0 Å². The summed E-state index contributed by atoms with van der Waals surface area (Å²) in [6, 6.07) is 0. The first-order valence-electron chi connectivity index (χ1n) is 17.1. The standard InChI is InChI=1S/C36H60O7/c1-3-5-7-8-9-10-11-12-13-18-22-35(40)42-28-32(38)29-43-36(41)23-19-15-14-17-20-30-24-27-34(39)33(30)26-25-31(37)21-16-6-4-2/h14,17,24-27,30-33,37-38H,3-13,15-16,18-23,28-29H2,1-2H3/b17-14-,26-25+/t30-,31-,32-,33+/m0/s1. The maximum Gasteiger partial charge on any atom is 0.305 e. The Labute approximate surface area is 261 Å². The maximum atomic E-state index is 12.2. The second-order valence-corrected chi connectivity index (χ2v) is 12.0. The van der Waals surface area contributed by atoms with E-state index in [9.17, 15) is 24.6 Å². The van der Waals surface area contributed by atoms with Gasteiger partial charge in [-0.25, -0.2) is 0 Å². The second kappa shape index (κ2) is 26.2. The molecule has 246 valence electrons. The lowest BCUT2D eigenvalue weighted by Gasteiger charge is -2.13. The molecule has 4 atom stereocenters. The third kappa shape index (κ3) is 21.2. The Hall–Kier alpha value is -2.25. The van der Waals surface area contributed by atoms with Crippen molar-refractivity contribution >= 4 is 17.7 Å². The molecule has 0 radical (unpaired) electrons. The molecule has 0 amide bonds. The lowest BCUT2D eigenvalue weighted by molar-refractivity contribution is -0.152. The van der Waals surface area contributed by atoms with Crippen molar-refractivity contribution in [1.29, 1.82) is 0 Å². The van der Waals surface area contributed by atoms with E-state index in [0.29, 0.717) is 19.3 Å². The van der Waals surface area contributed by atoms with Gasteiger partial charge in [-0.1, -0.05) is 121 Å². The molecule has 0 saturated heterocycles. The third-order valence-corrected chi connectivity index (χ3v) is 7.88. The Morgan fingerprint density at radius 3 is 1.98 bits per heavy atom. The number of unbranched alkanes of at least 4 members (excludes halogenated alkanes) is 12. The van der Waals surface area contributed by atoms with Crippen LogP contribution in [0.15, 0.2) is 36.5 Å². The Morgan fingerprint density at radius 1 is 0.791 bits per heavy atom. The summed E-state index contributed by atoms with van der Waals surface area (Å²) in [5.41, 5.74) is 0. The molecular formula is C36H60O7. The zero-order valence-electron chi connectivity index (χ0n) is 27.1. The van der Waals surface area contributed by atoms with Gasteiger partial charge in [-0.2, -0.15) is 0 Å². The van der Waals surface area contributed by atoms with Crippen molar-refractivity contribution in [3.8, 4) is 0 Å². The highest BCUT2D eigenvalue weighted by atomic mass is 16.6. The highest BCUT2D eigenvalue weighted by molar-refractivity contribution is 5.95. The first kappa shape index (κ1) is 38.8. The number of esters is 2. The SMILES string of the molecule is CCCCCCCCCCCCC(=O)OC[C@H](O)COC(=O)CCC/C=C\C[C@H]1C=CC(=O)[C@@H]1/C=C/[C@@H](O)CCCCC. The molecule has 0 aliphatic heterocycles. The summed E-state index contributed by atoms with van der Waals surface area (Å²) in [6.45, 7) is 4.00. The number of hydrogen-bond donors (Lipinski definition) is 2. The Bertz CT molecular complexity index is 831. The van der Waals surface area contributed by atoms with Gasteiger partial charge in [0, 0.05) is 18.8 Å². The van der Waals surface area contributed by atoms with E-state index in [1.807, 2.05) is 24.3 Å².